The summed E-state index contributed by atoms with van der Waals surface area (Å²) in [4.78, 5) is 19.4. The van der Waals surface area contributed by atoms with Crippen molar-refractivity contribution in [3.63, 3.8) is 0 Å². The van der Waals surface area contributed by atoms with Crippen molar-refractivity contribution < 1.29 is 22.8 Å². The van der Waals surface area contributed by atoms with E-state index >= 15 is 0 Å². The van der Waals surface area contributed by atoms with Gasteiger partial charge in [0.05, 0.1) is 10.6 Å². The number of hydrogen-bond donors (Lipinski definition) is 2. The second kappa shape index (κ2) is 9.31. The normalized spacial score (nSPS) is 14.2. The van der Waals surface area contributed by atoms with E-state index in [-0.39, 0.29) is 17.5 Å². The number of alkyl halides is 3. The maximum absolute atomic E-state index is 12.6. The Morgan fingerprint density at radius 1 is 1.03 bits per heavy atom. The Balaban J connectivity index is 1.65. The highest BCUT2D eigenvalue weighted by atomic mass is 19.4. The number of rotatable bonds is 7. The molecule has 2 aromatic carbocycles. The third-order valence-electron chi connectivity index (χ3n) is 5.13. The van der Waals surface area contributed by atoms with Gasteiger partial charge < -0.3 is 15.4 Å². The maximum atomic E-state index is 12.6. The van der Waals surface area contributed by atoms with Crippen molar-refractivity contribution in [3.05, 3.63) is 64.7 Å². The molecule has 1 aliphatic carbocycles. The largest absolute Gasteiger partial charge is 0.573 e. The lowest BCUT2D eigenvalue weighted by molar-refractivity contribution is -0.384. The summed E-state index contributed by atoms with van der Waals surface area (Å²) in [6.07, 6.45) is -0.645. The highest BCUT2D eigenvalue weighted by Gasteiger charge is 2.31. The first kappa shape index (κ1) is 22.3. The summed E-state index contributed by atoms with van der Waals surface area (Å²) >= 11 is 0. The van der Waals surface area contributed by atoms with Gasteiger partial charge in [-0.2, -0.15) is 4.98 Å². The van der Waals surface area contributed by atoms with Crippen LogP contribution in [0.3, 0.4) is 0 Å². The molecule has 0 amide bonds. The highest BCUT2D eigenvalue weighted by molar-refractivity contribution is 5.68. The van der Waals surface area contributed by atoms with Gasteiger partial charge in [0.1, 0.15) is 11.6 Å². The van der Waals surface area contributed by atoms with Crippen LogP contribution in [-0.2, 0) is 0 Å². The minimum Gasteiger partial charge on any atom is -0.406 e. The van der Waals surface area contributed by atoms with Crippen molar-refractivity contribution in [3.8, 4) is 17.0 Å². The van der Waals surface area contributed by atoms with Crippen LogP contribution in [0.1, 0.15) is 25.7 Å². The molecule has 172 valence electrons. The SMILES string of the molecule is O=[N+]([O-])c1ccc(Nc2cc(-c3cccc(OC(F)(F)F)c3)nc(NC3CCCC3)n2)cc1. The monoisotopic (exact) mass is 459 g/mol. The number of nitro groups is 1. The molecule has 1 saturated carbocycles. The Morgan fingerprint density at radius 3 is 2.42 bits per heavy atom. The molecule has 3 aromatic rings. The number of anilines is 3. The van der Waals surface area contributed by atoms with Crippen molar-refractivity contribution in [2.75, 3.05) is 10.6 Å². The first-order valence-corrected chi connectivity index (χ1v) is 10.3. The van der Waals surface area contributed by atoms with Crippen LogP contribution in [0.2, 0.25) is 0 Å². The summed E-state index contributed by atoms with van der Waals surface area (Å²) < 4.78 is 42.0. The number of benzene rings is 2. The molecule has 0 spiro atoms. The fraction of sp³-hybridized carbons (Fsp3) is 0.273. The molecule has 0 radical (unpaired) electrons. The Hall–Kier alpha value is -3.89. The summed E-state index contributed by atoms with van der Waals surface area (Å²) in [5.74, 6) is 0.372. The van der Waals surface area contributed by atoms with Crippen LogP contribution in [0, 0.1) is 10.1 Å². The van der Waals surface area contributed by atoms with Crippen LogP contribution < -0.4 is 15.4 Å². The lowest BCUT2D eigenvalue weighted by atomic mass is 10.1. The van der Waals surface area contributed by atoms with E-state index in [1.165, 1.54) is 30.3 Å². The van der Waals surface area contributed by atoms with Crippen molar-refractivity contribution in [1.29, 1.82) is 0 Å². The van der Waals surface area contributed by atoms with E-state index in [1.54, 1.807) is 24.3 Å². The van der Waals surface area contributed by atoms with Gasteiger partial charge in [0.15, 0.2) is 0 Å². The van der Waals surface area contributed by atoms with Gasteiger partial charge in [-0.05, 0) is 37.1 Å². The lowest BCUT2D eigenvalue weighted by Crippen LogP contribution is -2.17. The summed E-state index contributed by atoms with van der Waals surface area (Å²) in [6, 6.07) is 13.2. The van der Waals surface area contributed by atoms with Gasteiger partial charge in [-0.15, -0.1) is 13.2 Å². The summed E-state index contributed by atoms with van der Waals surface area (Å²) in [5.41, 5.74) is 1.32. The van der Waals surface area contributed by atoms with Crippen LogP contribution in [0.25, 0.3) is 11.3 Å². The van der Waals surface area contributed by atoms with Crippen LogP contribution in [0.4, 0.5) is 36.3 Å². The highest BCUT2D eigenvalue weighted by Crippen LogP contribution is 2.30. The van der Waals surface area contributed by atoms with E-state index in [0.717, 1.165) is 25.7 Å². The van der Waals surface area contributed by atoms with E-state index in [9.17, 15) is 23.3 Å². The van der Waals surface area contributed by atoms with Crippen molar-refractivity contribution in [2.45, 2.75) is 38.1 Å². The van der Waals surface area contributed by atoms with Crippen LogP contribution in [0.15, 0.2) is 54.6 Å². The quantitative estimate of drug-likeness (QED) is 0.328. The van der Waals surface area contributed by atoms with Gasteiger partial charge in [-0.25, -0.2) is 4.98 Å². The third kappa shape index (κ3) is 6.09. The van der Waals surface area contributed by atoms with Crippen LogP contribution in [0.5, 0.6) is 5.75 Å². The van der Waals surface area contributed by atoms with E-state index in [4.69, 9.17) is 0 Å². The number of hydrogen-bond acceptors (Lipinski definition) is 7. The fourth-order valence-corrected chi connectivity index (χ4v) is 3.64. The predicted molar refractivity (Wildman–Crippen MR) is 116 cm³/mol. The minimum atomic E-state index is -4.80. The second-order valence-corrected chi connectivity index (χ2v) is 7.59. The molecule has 0 atom stereocenters. The molecule has 1 aromatic heterocycles. The average molecular weight is 459 g/mol. The maximum Gasteiger partial charge on any atom is 0.573 e. The zero-order chi connectivity index (χ0) is 23.4. The first-order valence-electron chi connectivity index (χ1n) is 10.3. The molecule has 2 N–H and O–H groups in total. The van der Waals surface area contributed by atoms with Gasteiger partial charge >= 0.3 is 6.36 Å². The van der Waals surface area contributed by atoms with Gasteiger partial charge in [0.25, 0.3) is 5.69 Å². The van der Waals surface area contributed by atoms with Crippen molar-refractivity contribution in [1.82, 2.24) is 9.97 Å². The molecule has 4 rings (SSSR count). The van der Waals surface area contributed by atoms with E-state index in [1.807, 2.05) is 0 Å². The number of nitrogens with zero attached hydrogens (tertiary/aromatic N) is 3. The predicted octanol–water partition coefficient (Wildman–Crippen LogP) is 6.05. The molecule has 1 heterocycles. The molecule has 0 bridgehead atoms. The first-order chi connectivity index (χ1) is 15.7. The Bertz CT molecular complexity index is 1130. The van der Waals surface area contributed by atoms with Crippen LogP contribution in [-0.4, -0.2) is 27.3 Å². The van der Waals surface area contributed by atoms with E-state index < -0.39 is 11.3 Å². The number of nitrogens with one attached hydrogen (secondary N) is 2. The smallest absolute Gasteiger partial charge is 0.406 e. The molecule has 8 nitrogen and oxygen atoms in total. The fourth-order valence-electron chi connectivity index (χ4n) is 3.64. The zero-order valence-electron chi connectivity index (χ0n) is 17.3. The number of ether oxygens (including phenoxy) is 1. The van der Waals surface area contributed by atoms with Gasteiger partial charge in [0.2, 0.25) is 5.95 Å². The number of aromatic nitrogens is 2. The zero-order valence-corrected chi connectivity index (χ0v) is 17.3. The molecule has 0 unspecified atom stereocenters. The molecular weight excluding hydrogens is 439 g/mol. The summed E-state index contributed by atoms with van der Waals surface area (Å²) in [6.45, 7) is 0. The minimum absolute atomic E-state index is 0.0472. The average Bonchev–Trinajstić information content (AvgIpc) is 3.26. The lowest BCUT2D eigenvalue weighted by Gasteiger charge is -2.15. The summed E-state index contributed by atoms with van der Waals surface area (Å²) in [7, 11) is 0. The molecule has 1 fully saturated rings. The third-order valence-corrected chi connectivity index (χ3v) is 5.13. The summed E-state index contributed by atoms with van der Waals surface area (Å²) in [5, 5.41) is 17.2. The van der Waals surface area contributed by atoms with E-state index in [0.29, 0.717) is 28.7 Å². The second-order valence-electron chi connectivity index (χ2n) is 7.59. The van der Waals surface area contributed by atoms with Crippen molar-refractivity contribution in [2.24, 2.45) is 0 Å². The van der Waals surface area contributed by atoms with Gasteiger partial charge in [-0.1, -0.05) is 25.0 Å². The van der Waals surface area contributed by atoms with Crippen molar-refractivity contribution >= 4 is 23.1 Å². The van der Waals surface area contributed by atoms with Gasteiger partial charge in [0, 0.05) is 35.5 Å². The Morgan fingerprint density at radius 2 is 1.76 bits per heavy atom. The standard InChI is InChI=1S/C22H20F3N5O3/c23-22(24,25)33-18-7-3-4-14(12-18)19-13-20(26-16-8-10-17(11-9-16)30(31)32)29-21(28-19)27-15-5-1-2-6-15/h3-4,7-13,15H,1-2,5-6H2,(H2,26,27,28,29). The molecule has 0 aliphatic heterocycles. The van der Waals surface area contributed by atoms with Gasteiger partial charge in [-0.3, -0.25) is 10.1 Å². The number of halogens is 3. The Labute approximate surface area is 187 Å². The Kier molecular flexibility index (Phi) is 6.29. The molecule has 11 heteroatoms. The molecular formula is C22H20F3N5O3. The molecule has 33 heavy (non-hydrogen) atoms. The van der Waals surface area contributed by atoms with Crippen LogP contribution >= 0.6 is 0 Å². The topological polar surface area (TPSA) is 102 Å². The number of non-ortho nitro benzene ring substituents is 1. The number of nitro benzene ring substituents is 1. The van der Waals surface area contributed by atoms with E-state index in [2.05, 4.69) is 25.3 Å². The molecule has 0 saturated heterocycles. The molecule has 1 aliphatic rings.